The first-order valence-corrected chi connectivity index (χ1v) is 9.17. The minimum Gasteiger partial charge on any atom is -0.267 e. The van der Waals surface area contributed by atoms with E-state index >= 15 is 0 Å². The largest absolute Gasteiger partial charge is 0.283 e. The van der Waals surface area contributed by atoms with E-state index in [2.05, 4.69) is 10.1 Å². The molecular formula is C18H16ClN3OS. The van der Waals surface area contributed by atoms with Crippen molar-refractivity contribution < 1.29 is 0 Å². The molecule has 1 aliphatic rings. The first-order valence-electron chi connectivity index (χ1n) is 7.97. The van der Waals surface area contributed by atoms with Crippen LogP contribution in [0.15, 0.2) is 34.2 Å². The van der Waals surface area contributed by atoms with Gasteiger partial charge < -0.3 is 0 Å². The molecule has 0 amide bonds. The summed E-state index contributed by atoms with van der Waals surface area (Å²) in [6.07, 6.45) is 6.00. The second kappa shape index (κ2) is 6.15. The highest BCUT2D eigenvalue weighted by atomic mass is 35.5. The number of thiophene rings is 1. The number of fused-ring (bicyclic) bond motifs is 3. The Balaban J connectivity index is 1.85. The third-order valence-electron chi connectivity index (χ3n) is 4.30. The summed E-state index contributed by atoms with van der Waals surface area (Å²) in [6.45, 7) is 1.81. The number of hydrogen-bond acceptors (Lipinski definition) is 4. The van der Waals surface area contributed by atoms with Crippen molar-refractivity contribution in [1.29, 1.82) is 0 Å². The molecule has 2 heterocycles. The summed E-state index contributed by atoms with van der Waals surface area (Å²) in [5, 5.41) is 5.75. The number of benzene rings is 1. The molecule has 0 atom stereocenters. The minimum atomic E-state index is -0.0739. The van der Waals surface area contributed by atoms with Crippen LogP contribution >= 0.6 is 22.9 Å². The lowest BCUT2D eigenvalue weighted by Crippen LogP contribution is -2.21. The molecule has 2 aromatic heterocycles. The summed E-state index contributed by atoms with van der Waals surface area (Å²) in [6, 6.07) is 7.37. The van der Waals surface area contributed by atoms with Crippen LogP contribution in [0.25, 0.3) is 10.2 Å². The number of aryl methyl sites for hydroxylation is 3. The Labute approximate surface area is 148 Å². The molecule has 1 aromatic carbocycles. The monoisotopic (exact) mass is 357 g/mol. The Hall–Kier alpha value is -1.98. The van der Waals surface area contributed by atoms with Gasteiger partial charge in [-0.1, -0.05) is 23.7 Å². The Bertz CT molecular complexity index is 1020. The average molecular weight is 358 g/mol. The number of halogens is 1. The lowest BCUT2D eigenvalue weighted by molar-refractivity contribution is 0.698. The summed E-state index contributed by atoms with van der Waals surface area (Å²) >= 11 is 7.65. The van der Waals surface area contributed by atoms with Gasteiger partial charge in [-0.25, -0.2) is 4.98 Å². The van der Waals surface area contributed by atoms with Gasteiger partial charge in [0.15, 0.2) is 0 Å². The van der Waals surface area contributed by atoms with Crippen molar-refractivity contribution >= 4 is 39.4 Å². The maximum Gasteiger partial charge on any atom is 0.283 e. The van der Waals surface area contributed by atoms with Gasteiger partial charge in [-0.05, 0) is 55.9 Å². The van der Waals surface area contributed by atoms with Gasteiger partial charge in [0.1, 0.15) is 10.7 Å². The van der Waals surface area contributed by atoms with Crippen LogP contribution in [0.2, 0.25) is 5.02 Å². The van der Waals surface area contributed by atoms with Crippen LogP contribution in [0.1, 0.15) is 34.7 Å². The molecule has 0 saturated carbocycles. The highest BCUT2D eigenvalue weighted by molar-refractivity contribution is 7.18. The minimum absolute atomic E-state index is 0.0739. The predicted octanol–water partition coefficient (Wildman–Crippen LogP) is 4.18. The third kappa shape index (κ3) is 2.68. The lowest BCUT2D eigenvalue weighted by Gasteiger charge is -2.10. The van der Waals surface area contributed by atoms with Crippen molar-refractivity contribution in [2.24, 2.45) is 5.10 Å². The molecule has 0 unspecified atom stereocenters. The molecule has 6 heteroatoms. The van der Waals surface area contributed by atoms with Crippen LogP contribution in [0.4, 0.5) is 0 Å². The molecule has 0 radical (unpaired) electrons. The van der Waals surface area contributed by atoms with Gasteiger partial charge in [0.25, 0.3) is 5.56 Å². The van der Waals surface area contributed by atoms with E-state index in [-0.39, 0.29) is 5.56 Å². The smallest absolute Gasteiger partial charge is 0.267 e. The maximum atomic E-state index is 13.0. The summed E-state index contributed by atoms with van der Waals surface area (Å²) in [5.74, 6) is 0.601. The maximum absolute atomic E-state index is 13.0. The molecule has 0 bridgehead atoms. The highest BCUT2D eigenvalue weighted by Crippen LogP contribution is 2.33. The number of rotatable bonds is 2. The summed E-state index contributed by atoms with van der Waals surface area (Å²) < 4.78 is 1.39. The van der Waals surface area contributed by atoms with Crippen molar-refractivity contribution in [3.8, 4) is 0 Å². The summed E-state index contributed by atoms with van der Waals surface area (Å²) in [5.41, 5.74) is 1.96. The molecule has 3 aromatic rings. The van der Waals surface area contributed by atoms with E-state index in [4.69, 9.17) is 11.6 Å². The zero-order chi connectivity index (χ0) is 16.7. The van der Waals surface area contributed by atoms with Crippen LogP contribution < -0.4 is 5.56 Å². The van der Waals surface area contributed by atoms with Crippen LogP contribution in [0.5, 0.6) is 0 Å². The van der Waals surface area contributed by atoms with Gasteiger partial charge in [0, 0.05) is 9.90 Å². The summed E-state index contributed by atoms with van der Waals surface area (Å²) in [7, 11) is 0. The molecule has 4 rings (SSSR count). The average Bonchev–Trinajstić information content (AvgIpc) is 2.92. The van der Waals surface area contributed by atoms with Crippen LogP contribution in [-0.2, 0) is 12.8 Å². The van der Waals surface area contributed by atoms with Crippen LogP contribution in [0, 0.1) is 6.92 Å². The van der Waals surface area contributed by atoms with Crippen molar-refractivity contribution in [3.63, 3.8) is 0 Å². The quantitative estimate of drug-likeness (QED) is 0.646. The first-order chi connectivity index (χ1) is 11.6. The van der Waals surface area contributed by atoms with E-state index in [1.165, 1.54) is 21.5 Å². The Morgan fingerprint density at radius 3 is 3.00 bits per heavy atom. The molecule has 0 aliphatic heterocycles. The van der Waals surface area contributed by atoms with Crippen LogP contribution in [0.3, 0.4) is 0 Å². The fourth-order valence-electron chi connectivity index (χ4n) is 3.15. The van der Waals surface area contributed by atoms with Gasteiger partial charge in [0.2, 0.25) is 0 Å². The molecule has 0 fully saturated rings. The van der Waals surface area contributed by atoms with Crippen LogP contribution in [-0.4, -0.2) is 15.9 Å². The van der Waals surface area contributed by atoms with E-state index in [0.717, 1.165) is 35.0 Å². The zero-order valence-electron chi connectivity index (χ0n) is 13.3. The zero-order valence-corrected chi connectivity index (χ0v) is 14.8. The van der Waals surface area contributed by atoms with Crippen molar-refractivity contribution in [2.75, 3.05) is 0 Å². The molecule has 24 heavy (non-hydrogen) atoms. The van der Waals surface area contributed by atoms with E-state index in [1.807, 2.05) is 31.2 Å². The second-order valence-electron chi connectivity index (χ2n) is 5.97. The van der Waals surface area contributed by atoms with Crippen molar-refractivity contribution in [3.05, 3.63) is 61.5 Å². The van der Waals surface area contributed by atoms with Crippen molar-refractivity contribution in [2.45, 2.75) is 32.6 Å². The van der Waals surface area contributed by atoms with E-state index in [1.54, 1.807) is 17.6 Å². The molecule has 122 valence electrons. The van der Waals surface area contributed by atoms with Crippen molar-refractivity contribution in [1.82, 2.24) is 9.66 Å². The molecule has 0 spiro atoms. The summed E-state index contributed by atoms with van der Waals surface area (Å²) in [4.78, 5) is 19.7. The first kappa shape index (κ1) is 15.5. The normalized spacial score (nSPS) is 14.4. The van der Waals surface area contributed by atoms with E-state index in [9.17, 15) is 4.79 Å². The second-order valence-corrected chi connectivity index (χ2v) is 7.49. The fourth-order valence-corrected chi connectivity index (χ4v) is 4.64. The van der Waals surface area contributed by atoms with E-state index < -0.39 is 0 Å². The Morgan fingerprint density at radius 1 is 1.33 bits per heavy atom. The Kier molecular flexibility index (Phi) is 3.98. The molecule has 0 saturated heterocycles. The SMILES string of the molecule is Cc1nc2sc3c(c2c(=O)n1/N=C\c1cccc(Cl)c1)CCCC3. The lowest BCUT2D eigenvalue weighted by atomic mass is 9.97. The highest BCUT2D eigenvalue weighted by Gasteiger charge is 2.20. The molecule has 4 nitrogen and oxygen atoms in total. The Morgan fingerprint density at radius 2 is 2.17 bits per heavy atom. The number of hydrogen-bond donors (Lipinski definition) is 0. The predicted molar refractivity (Wildman–Crippen MR) is 99.7 cm³/mol. The number of aromatic nitrogens is 2. The van der Waals surface area contributed by atoms with E-state index in [0.29, 0.717) is 10.8 Å². The molecule has 0 N–H and O–H groups in total. The fraction of sp³-hybridized carbons (Fsp3) is 0.278. The van der Waals surface area contributed by atoms with Gasteiger partial charge in [-0.3, -0.25) is 4.79 Å². The van der Waals surface area contributed by atoms with Gasteiger partial charge in [0.05, 0.1) is 11.6 Å². The standard InChI is InChI=1S/C18H16ClN3OS/c1-11-21-17-16(14-7-2-3-8-15(14)24-17)18(23)22(11)20-10-12-5-4-6-13(19)9-12/h4-6,9-10H,2-3,7-8H2,1H3/b20-10-. The topological polar surface area (TPSA) is 47.2 Å². The third-order valence-corrected chi connectivity index (χ3v) is 5.72. The van der Waals surface area contributed by atoms with Gasteiger partial charge in [-0.2, -0.15) is 9.78 Å². The molecular weight excluding hydrogens is 342 g/mol. The van der Waals surface area contributed by atoms with Gasteiger partial charge >= 0.3 is 0 Å². The number of nitrogens with zero attached hydrogens (tertiary/aromatic N) is 3. The molecule has 1 aliphatic carbocycles. The van der Waals surface area contributed by atoms with Gasteiger partial charge in [-0.15, -0.1) is 11.3 Å².